The highest BCUT2D eigenvalue weighted by atomic mass is 19.4. The van der Waals surface area contributed by atoms with Crippen molar-refractivity contribution in [3.8, 4) is 0 Å². The van der Waals surface area contributed by atoms with Crippen LogP contribution in [0.3, 0.4) is 0 Å². The molecule has 12 heteroatoms. The highest BCUT2D eigenvalue weighted by Crippen LogP contribution is 2.33. The second kappa shape index (κ2) is 9.82. The quantitative estimate of drug-likeness (QED) is 0.383. The van der Waals surface area contributed by atoms with Crippen molar-refractivity contribution >= 4 is 33.9 Å². The van der Waals surface area contributed by atoms with Gasteiger partial charge >= 0.3 is 6.18 Å². The van der Waals surface area contributed by atoms with Gasteiger partial charge in [0.25, 0.3) is 5.69 Å². The monoisotopic (exact) mass is 488 g/mol. The van der Waals surface area contributed by atoms with E-state index in [0.29, 0.717) is 41.9 Å². The number of hydrogen-bond donors (Lipinski definition) is 1. The van der Waals surface area contributed by atoms with Crippen LogP contribution >= 0.6 is 0 Å². The number of non-ortho nitro benzene ring substituents is 1. The van der Waals surface area contributed by atoms with Gasteiger partial charge in [0, 0.05) is 38.2 Å². The van der Waals surface area contributed by atoms with E-state index in [-0.39, 0.29) is 18.5 Å². The van der Waals surface area contributed by atoms with E-state index in [0.717, 1.165) is 29.8 Å². The SMILES string of the molecule is CN(C)c1nc(NCCc2cc([N+](=O)[O-])cc(C(F)(F)F)c2)c2cc(C3=CCOCC3)ncc2n1. The molecule has 0 spiro atoms. The van der Waals surface area contributed by atoms with E-state index >= 15 is 0 Å². The van der Waals surface area contributed by atoms with E-state index in [1.54, 1.807) is 25.2 Å². The normalized spacial score (nSPS) is 14.0. The van der Waals surface area contributed by atoms with Crippen molar-refractivity contribution in [2.75, 3.05) is 44.1 Å². The number of alkyl halides is 3. The van der Waals surface area contributed by atoms with Crippen molar-refractivity contribution < 1.29 is 22.8 Å². The molecule has 0 saturated carbocycles. The molecule has 0 amide bonds. The Morgan fingerprint density at radius 2 is 2.00 bits per heavy atom. The number of halogens is 3. The Hall–Kier alpha value is -3.80. The van der Waals surface area contributed by atoms with E-state index in [1.807, 2.05) is 12.1 Å². The first-order valence-electron chi connectivity index (χ1n) is 10.8. The van der Waals surface area contributed by atoms with Gasteiger partial charge in [0.1, 0.15) is 5.82 Å². The second-order valence-corrected chi connectivity index (χ2v) is 8.23. The van der Waals surface area contributed by atoms with Crippen LogP contribution in [-0.2, 0) is 17.3 Å². The summed E-state index contributed by atoms with van der Waals surface area (Å²) in [5, 5.41) is 15.0. The molecule has 0 aliphatic carbocycles. The predicted octanol–water partition coefficient (Wildman–Crippen LogP) is 4.48. The average Bonchev–Trinajstić information content (AvgIpc) is 2.83. The lowest BCUT2D eigenvalue weighted by Gasteiger charge is -2.17. The molecule has 0 radical (unpaired) electrons. The topological polar surface area (TPSA) is 106 Å². The molecule has 1 aliphatic rings. The Labute approximate surface area is 198 Å². The molecule has 1 N–H and O–H groups in total. The third-order valence-electron chi connectivity index (χ3n) is 5.48. The van der Waals surface area contributed by atoms with Crippen LogP contribution in [0.25, 0.3) is 16.5 Å². The lowest BCUT2D eigenvalue weighted by atomic mass is 10.1. The van der Waals surface area contributed by atoms with Crippen LogP contribution in [0.4, 0.5) is 30.6 Å². The number of hydrogen-bond acceptors (Lipinski definition) is 8. The van der Waals surface area contributed by atoms with Crippen LogP contribution in [0, 0.1) is 10.1 Å². The minimum Gasteiger partial charge on any atom is -0.377 e. The standard InChI is InChI=1S/C23H23F3N6O3/c1-31(2)22-29-20-13-28-19(15-4-7-35-8-5-15)12-18(20)21(30-22)27-6-3-14-9-16(23(24,25)26)11-17(10-14)32(33)34/h4,9-13H,3,5-8H2,1-2H3,(H,27,29,30). The number of fused-ring (bicyclic) bond motifs is 1. The van der Waals surface area contributed by atoms with E-state index in [2.05, 4.69) is 20.3 Å². The number of nitro benzene ring substituents is 1. The Balaban J connectivity index is 1.63. The summed E-state index contributed by atoms with van der Waals surface area (Å²) in [6.45, 7) is 1.32. The largest absolute Gasteiger partial charge is 0.416 e. The van der Waals surface area contributed by atoms with Crippen LogP contribution < -0.4 is 10.2 Å². The molecule has 0 atom stereocenters. The first-order chi connectivity index (χ1) is 16.6. The fourth-order valence-electron chi connectivity index (χ4n) is 3.70. The van der Waals surface area contributed by atoms with Gasteiger partial charge in [0.15, 0.2) is 0 Å². The van der Waals surface area contributed by atoms with Crippen LogP contribution in [0.5, 0.6) is 0 Å². The minimum absolute atomic E-state index is 0.119. The van der Waals surface area contributed by atoms with Crippen LogP contribution in [0.15, 0.2) is 36.5 Å². The second-order valence-electron chi connectivity index (χ2n) is 8.23. The molecule has 184 valence electrons. The summed E-state index contributed by atoms with van der Waals surface area (Å²) >= 11 is 0. The summed E-state index contributed by atoms with van der Waals surface area (Å²) in [6, 6.07) is 4.50. The Bertz CT molecular complexity index is 1290. The van der Waals surface area contributed by atoms with E-state index < -0.39 is 22.4 Å². The van der Waals surface area contributed by atoms with E-state index in [4.69, 9.17) is 4.74 Å². The van der Waals surface area contributed by atoms with Gasteiger partial charge in [-0.3, -0.25) is 15.1 Å². The summed E-state index contributed by atoms with van der Waals surface area (Å²) in [5.41, 5.74) is 0.982. The zero-order valence-electron chi connectivity index (χ0n) is 19.1. The van der Waals surface area contributed by atoms with Gasteiger partial charge in [0.2, 0.25) is 5.95 Å². The third-order valence-corrected chi connectivity index (χ3v) is 5.48. The molecular formula is C23H23F3N6O3. The van der Waals surface area contributed by atoms with Crippen LogP contribution in [-0.4, -0.2) is 53.7 Å². The molecule has 3 heterocycles. The number of nitro groups is 1. The van der Waals surface area contributed by atoms with Gasteiger partial charge in [-0.2, -0.15) is 18.2 Å². The summed E-state index contributed by atoms with van der Waals surface area (Å²) in [4.78, 5) is 25.6. The zero-order chi connectivity index (χ0) is 25.2. The molecule has 35 heavy (non-hydrogen) atoms. The molecule has 0 bridgehead atoms. The van der Waals surface area contributed by atoms with Crippen molar-refractivity contribution in [1.82, 2.24) is 15.0 Å². The molecule has 1 aliphatic heterocycles. The van der Waals surface area contributed by atoms with Gasteiger partial charge in [-0.25, -0.2) is 4.98 Å². The molecule has 0 fully saturated rings. The lowest BCUT2D eigenvalue weighted by molar-refractivity contribution is -0.385. The van der Waals surface area contributed by atoms with Crippen molar-refractivity contribution in [2.45, 2.75) is 19.0 Å². The molecule has 0 saturated heterocycles. The molecule has 1 aromatic carbocycles. The number of anilines is 2. The number of rotatable bonds is 7. The van der Waals surface area contributed by atoms with Crippen molar-refractivity contribution in [2.24, 2.45) is 0 Å². The summed E-state index contributed by atoms with van der Waals surface area (Å²) < 4.78 is 45.0. The molecule has 0 unspecified atom stereocenters. The van der Waals surface area contributed by atoms with Gasteiger partial charge < -0.3 is 15.0 Å². The van der Waals surface area contributed by atoms with Crippen LogP contribution in [0.2, 0.25) is 0 Å². The number of ether oxygens (including phenoxy) is 1. The number of benzene rings is 1. The highest BCUT2D eigenvalue weighted by molar-refractivity contribution is 5.91. The Kier molecular flexibility index (Phi) is 6.83. The minimum atomic E-state index is -4.68. The summed E-state index contributed by atoms with van der Waals surface area (Å²) in [6.07, 6.45) is -0.197. The average molecular weight is 488 g/mol. The number of nitrogens with one attached hydrogen (secondary N) is 1. The molecule has 9 nitrogen and oxygen atoms in total. The van der Waals surface area contributed by atoms with Gasteiger partial charge in [-0.05, 0) is 36.1 Å². The number of pyridine rings is 1. The first kappa shape index (κ1) is 24.3. The van der Waals surface area contributed by atoms with E-state index in [1.165, 1.54) is 0 Å². The maximum atomic E-state index is 13.2. The van der Waals surface area contributed by atoms with Crippen molar-refractivity contribution in [3.63, 3.8) is 0 Å². The van der Waals surface area contributed by atoms with Gasteiger partial charge in [0.05, 0.1) is 41.1 Å². The predicted molar refractivity (Wildman–Crippen MR) is 125 cm³/mol. The van der Waals surface area contributed by atoms with Gasteiger partial charge in [-0.15, -0.1) is 0 Å². The Morgan fingerprint density at radius 3 is 2.66 bits per heavy atom. The lowest BCUT2D eigenvalue weighted by Crippen LogP contribution is -2.15. The fourth-order valence-corrected chi connectivity index (χ4v) is 3.70. The third kappa shape index (κ3) is 5.65. The highest BCUT2D eigenvalue weighted by Gasteiger charge is 2.32. The molecule has 2 aromatic heterocycles. The van der Waals surface area contributed by atoms with Crippen LogP contribution in [0.1, 0.15) is 23.2 Å². The Morgan fingerprint density at radius 1 is 1.20 bits per heavy atom. The fraction of sp³-hybridized carbons (Fsp3) is 0.348. The summed E-state index contributed by atoms with van der Waals surface area (Å²) in [5.74, 6) is 0.936. The van der Waals surface area contributed by atoms with E-state index in [9.17, 15) is 23.3 Å². The molecule has 3 aromatic rings. The smallest absolute Gasteiger partial charge is 0.377 e. The maximum absolute atomic E-state index is 13.2. The number of nitrogens with zero attached hydrogens (tertiary/aromatic N) is 5. The molecular weight excluding hydrogens is 465 g/mol. The maximum Gasteiger partial charge on any atom is 0.416 e. The van der Waals surface area contributed by atoms with Gasteiger partial charge in [-0.1, -0.05) is 6.08 Å². The van der Waals surface area contributed by atoms with Crippen molar-refractivity contribution in [1.29, 1.82) is 0 Å². The molecule has 4 rings (SSSR count). The number of aromatic nitrogens is 3. The zero-order valence-corrected chi connectivity index (χ0v) is 19.1. The van der Waals surface area contributed by atoms with Crippen molar-refractivity contribution in [3.05, 3.63) is 63.5 Å². The first-order valence-corrected chi connectivity index (χ1v) is 10.8. The summed E-state index contributed by atoms with van der Waals surface area (Å²) in [7, 11) is 3.59.